The van der Waals surface area contributed by atoms with Crippen molar-refractivity contribution in [2.75, 3.05) is 7.11 Å². The van der Waals surface area contributed by atoms with Crippen LogP contribution in [0.3, 0.4) is 0 Å². The maximum Gasteiger partial charge on any atom is 0.135 e. The molecular formula is C10H11ClN2O. The molecule has 0 unspecified atom stereocenters. The molecule has 0 amide bonds. The molecule has 1 aromatic carbocycles. The van der Waals surface area contributed by atoms with Crippen LogP contribution in [0.25, 0.3) is 11.0 Å². The Morgan fingerprint density at radius 2 is 2.29 bits per heavy atom. The Morgan fingerprint density at radius 3 is 2.93 bits per heavy atom. The summed E-state index contributed by atoms with van der Waals surface area (Å²) < 4.78 is 7.04. The van der Waals surface area contributed by atoms with Gasteiger partial charge in [-0.05, 0) is 12.1 Å². The summed E-state index contributed by atoms with van der Waals surface area (Å²) >= 11 is 6.03. The lowest BCUT2D eigenvalue weighted by Gasteiger charge is -1.99. The van der Waals surface area contributed by atoms with Gasteiger partial charge in [-0.3, -0.25) is 0 Å². The molecule has 1 heterocycles. The molecule has 0 aliphatic heterocycles. The van der Waals surface area contributed by atoms with Crippen molar-refractivity contribution in [3.05, 3.63) is 29.0 Å². The molecule has 14 heavy (non-hydrogen) atoms. The first-order valence-electron chi connectivity index (χ1n) is 4.33. The second kappa shape index (κ2) is 3.59. The van der Waals surface area contributed by atoms with Gasteiger partial charge < -0.3 is 9.30 Å². The summed E-state index contributed by atoms with van der Waals surface area (Å²) in [5.41, 5.74) is 1.87. The first kappa shape index (κ1) is 9.49. The Bertz CT molecular complexity index is 464. The van der Waals surface area contributed by atoms with E-state index in [-0.39, 0.29) is 0 Å². The first-order valence-corrected chi connectivity index (χ1v) is 4.70. The van der Waals surface area contributed by atoms with Gasteiger partial charge in [0, 0.05) is 14.2 Å². The van der Waals surface area contributed by atoms with Crippen LogP contribution >= 0.6 is 11.6 Å². The van der Waals surface area contributed by atoms with E-state index in [1.165, 1.54) is 0 Å². The molecule has 0 aliphatic rings. The normalized spacial score (nSPS) is 11.1. The highest BCUT2D eigenvalue weighted by Gasteiger charge is 2.08. The standard InChI is InChI=1S/C10H11ClN2O/c1-13-8-5-3-4-7(11)10(8)12-9(13)6-14-2/h3-5H,6H2,1-2H3. The van der Waals surface area contributed by atoms with Gasteiger partial charge in [0.1, 0.15) is 17.9 Å². The Kier molecular flexibility index (Phi) is 2.44. The molecule has 0 fully saturated rings. The lowest BCUT2D eigenvalue weighted by Crippen LogP contribution is -1.98. The number of ether oxygens (including phenoxy) is 1. The van der Waals surface area contributed by atoms with E-state index in [9.17, 15) is 0 Å². The number of aryl methyl sites for hydroxylation is 1. The quantitative estimate of drug-likeness (QED) is 0.761. The van der Waals surface area contributed by atoms with Gasteiger partial charge in [-0.2, -0.15) is 0 Å². The minimum atomic E-state index is 0.501. The van der Waals surface area contributed by atoms with Crippen molar-refractivity contribution in [3.63, 3.8) is 0 Å². The lowest BCUT2D eigenvalue weighted by atomic mass is 10.3. The lowest BCUT2D eigenvalue weighted by molar-refractivity contribution is 0.176. The van der Waals surface area contributed by atoms with Gasteiger partial charge in [0.2, 0.25) is 0 Å². The molecule has 74 valence electrons. The molecular weight excluding hydrogens is 200 g/mol. The molecule has 2 aromatic rings. The molecule has 3 nitrogen and oxygen atoms in total. The smallest absolute Gasteiger partial charge is 0.135 e. The van der Waals surface area contributed by atoms with Crippen LogP contribution < -0.4 is 0 Å². The maximum atomic E-state index is 6.03. The van der Waals surface area contributed by atoms with Gasteiger partial charge in [-0.1, -0.05) is 17.7 Å². The van der Waals surface area contributed by atoms with Crippen molar-refractivity contribution in [1.82, 2.24) is 9.55 Å². The number of hydrogen-bond acceptors (Lipinski definition) is 2. The van der Waals surface area contributed by atoms with Gasteiger partial charge >= 0.3 is 0 Å². The SMILES string of the molecule is COCc1nc2c(Cl)cccc2n1C. The summed E-state index contributed by atoms with van der Waals surface area (Å²) in [6.45, 7) is 0.501. The number of halogens is 1. The molecule has 0 bridgehead atoms. The third-order valence-electron chi connectivity index (χ3n) is 2.23. The molecule has 0 aliphatic carbocycles. The van der Waals surface area contributed by atoms with Crippen LogP contribution in [-0.4, -0.2) is 16.7 Å². The molecule has 1 aromatic heterocycles. The molecule has 0 radical (unpaired) electrons. The van der Waals surface area contributed by atoms with Gasteiger partial charge in [0.15, 0.2) is 0 Å². The molecule has 2 rings (SSSR count). The number of benzene rings is 1. The number of para-hydroxylation sites is 1. The summed E-state index contributed by atoms with van der Waals surface area (Å²) in [6, 6.07) is 5.75. The number of nitrogens with zero attached hydrogens (tertiary/aromatic N) is 2. The highest BCUT2D eigenvalue weighted by molar-refractivity contribution is 6.34. The van der Waals surface area contributed by atoms with Crippen LogP contribution in [0.4, 0.5) is 0 Å². The van der Waals surface area contributed by atoms with Crippen LogP contribution in [0.5, 0.6) is 0 Å². The zero-order valence-electron chi connectivity index (χ0n) is 8.12. The predicted molar refractivity (Wildman–Crippen MR) is 56.4 cm³/mol. The number of methoxy groups -OCH3 is 1. The predicted octanol–water partition coefficient (Wildman–Crippen LogP) is 2.37. The van der Waals surface area contributed by atoms with E-state index < -0.39 is 0 Å². The summed E-state index contributed by atoms with van der Waals surface area (Å²) in [4.78, 5) is 4.41. The van der Waals surface area contributed by atoms with Crippen molar-refractivity contribution >= 4 is 22.6 Å². The average Bonchev–Trinajstić information content (AvgIpc) is 2.48. The largest absolute Gasteiger partial charge is 0.377 e. The van der Waals surface area contributed by atoms with Crippen LogP contribution in [-0.2, 0) is 18.4 Å². The minimum absolute atomic E-state index is 0.501. The van der Waals surface area contributed by atoms with Gasteiger partial charge in [0.05, 0.1) is 10.5 Å². The topological polar surface area (TPSA) is 27.1 Å². The van der Waals surface area contributed by atoms with Crippen molar-refractivity contribution < 1.29 is 4.74 Å². The Labute approximate surface area is 87.3 Å². The highest BCUT2D eigenvalue weighted by Crippen LogP contribution is 2.23. The zero-order chi connectivity index (χ0) is 10.1. The summed E-state index contributed by atoms with van der Waals surface area (Å²) in [6.07, 6.45) is 0. The van der Waals surface area contributed by atoms with E-state index in [0.717, 1.165) is 16.9 Å². The van der Waals surface area contributed by atoms with Gasteiger partial charge in [-0.25, -0.2) is 4.98 Å². The van der Waals surface area contributed by atoms with Crippen molar-refractivity contribution in [2.24, 2.45) is 7.05 Å². The molecule has 0 saturated heterocycles. The maximum absolute atomic E-state index is 6.03. The van der Waals surface area contributed by atoms with Crippen LogP contribution in [0.1, 0.15) is 5.82 Å². The zero-order valence-corrected chi connectivity index (χ0v) is 8.88. The fourth-order valence-electron chi connectivity index (χ4n) is 1.49. The number of aromatic nitrogens is 2. The van der Waals surface area contributed by atoms with Gasteiger partial charge in [-0.15, -0.1) is 0 Å². The second-order valence-corrected chi connectivity index (χ2v) is 3.53. The Hall–Kier alpha value is -1.06. The first-order chi connectivity index (χ1) is 6.74. The Balaban J connectivity index is 2.67. The van der Waals surface area contributed by atoms with Crippen molar-refractivity contribution in [2.45, 2.75) is 6.61 Å². The summed E-state index contributed by atoms with van der Waals surface area (Å²) in [5, 5.41) is 0.681. The van der Waals surface area contributed by atoms with E-state index in [1.54, 1.807) is 7.11 Å². The van der Waals surface area contributed by atoms with E-state index in [2.05, 4.69) is 4.98 Å². The average molecular weight is 211 g/mol. The molecule has 4 heteroatoms. The number of hydrogen-bond donors (Lipinski definition) is 0. The Morgan fingerprint density at radius 1 is 1.50 bits per heavy atom. The molecule has 0 spiro atoms. The molecule has 0 atom stereocenters. The van der Waals surface area contributed by atoms with E-state index in [0.29, 0.717) is 11.6 Å². The van der Waals surface area contributed by atoms with Crippen LogP contribution in [0, 0.1) is 0 Å². The molecule has 0 saturated carbocycles. The fourth-order valence-corrected chi connectivity index (χ4v) is 1.70. The third-order valence-corrected chi connectivity index (χ3v) is 2.53. The van der Waals surface area contributed by atoms with Crippen LogP contribution in [0.15, 0.2) is 18.2 Å². The van der Waals surface area contributed by atoms with Crippen LogP contribution in [0.2, 0.25) is 5.02 Å². The number of rotatable bonds is 2. The van der Waals surface area contributed by atoms with E-state index in [1.807, 2.05) is 29.8 Å². The highest BCUT2D eigenvalue weighted by atomic mass is 35.5. The minimum Gasteiger partial charge on any atom is -0.377 e. The monoisotopic (exact) mass is 210 g/mol. The van der Waals surface area contributed by atoms with Gasteiger partial charge in [0.25, 0.3) is 0 Å². The third kappa shape index (κ3) is 1.38. The van der Waals surface area contributed by atoms with E-state index >= 15 is 0 Å². The second-order valence-electron chi connectivity index (χ2n) is 3.13. The molecule has 0 N–H and O–H groups in total. The fraction of sp³-hybridized carbons (Fsp3) is 0.300. The van der Waals surface area contributed by atoms with E-state index in [4.69, 9.17) is 16.3 Å². The summed E-state index contributed by atoms with van der Waals surface area (Å²) in [5.74, 6) is 0.885. The van der Waals surface area contributed by atoms with Crippen molar-refractivity contribution in [1.29, 1.82) is 0 Å². The number of fused-ring (bicyclic) bond motifs is 1. The number of imidazole rings is 1. The summed E-state index contributed by atoms with van der Waals surface area (Å²) in [7, 11) is 3.61. The van der Waals surface area contributed by atoms with Crippen molar-refractivity contribution in [3.8, 4) is 0 Å².